The Hall–Kier alpha value is -3.72. The molecule has 0 aromatic heterocycles. The Bertz CT molecular complexity index is 1030. The molecule has 9 heteroatoms. The fourth-order valence-corrected chi connectivity index (χ4v) is 3.24. The van der Waals surface area contributed by atoms with Gasteiger partial charge in [-0.1, -0.05) is 12.1 Å². The van der Waals surface area contributed by atoms with Crippen LogP contribution in [0.4, 0.5) is 5.69 Å². The maximum absolute atomic E-state index is 12.6. The Morgan fingerprint density at radius 1 is 1.03 bits per heavy atom. The standard InChI is InChI=1S/C23H24N2O7/c1-3-31-19-8-5-4-7-18(19)24-20(26)14-32-23(29)15-9-10-16-17(13-15)22(28)25(21(16)27)11-6-12-30-2/h4-5,7-10,13H,3,6,11-12,14H2,1-2H3,(H,24,26). The largest absolute Gasteiger partial charge is 0.492 e. The predicted molar refractivity (Wildman–Crippen MR) is 115 cm³/mol. The van der Waals surface area contributed by atoms with Gasteiger partial charge in [0.25, 0.3) is 17.7 Å². The van der Waals surface area contributed by atoms with Gasteiger partial charge in [-0.05, 0) is 43.7 Å². The lowest BCUT2D eigenvalue weighted by molar-refractivity contribution is -0.119. The molecule has 32 heavy (non-hydrogen) atoms. The molecule has 168 valence electrons. The summed E-state index contributed by atoms with van der Waals surface area (Å²) >= 11 is 0. The lowest BCUT2D eigenvalue weighted by Crippen LogP contribution is -2.31. The van der Waals surface area contributed by atoms with Crippen LogP contribution < -0.4 is 10.1 Å². The minimum Gasteiger partial charge on any atom is -0.492 e. The third-order valence-corrected chi connectivity index (χ3v) is 4.73. The molecule has 9 nitrogen and oxygen atoms in total. The van der Waals surface area contributed by atoms with Crippen molar-refractivity contribution >= 4 is 29.4 Å². The number of nitrogens with zero attached hydrogens (tertiary/aromatic N) is 1. The van der Waals surface area contributed by atoms with E-state index in [9.17, 15) is 19.2 Å². The second-order valence-corrected chi connectivity index (χ2v) is 6.92. The average Bonchev–Trinajstić information content (AvgIpc) is 3.03. The van der Waals surface area contributed by atoms with E-state index in [1.165, 1.54) is 25.3 Å². The topological polar surface area (TPSA) is 111 Å². The first kappa shape index (κ1) is 23.0. The molecule has 3 rings (SSSR count). The molecule has 0 unspecified atom stereocenters. The van der Waals surface area contributed by atoms with Crippen LogP contribution in [0.2, 0.25) is 0 Å². The van der Waals surface area contributed by atoms with Crippen LogP contribution in [0.5, 0.6) is 5.75 Å². The highest BCUT2D eigenvalue weighted by Crippen LogP contribution is 2.25. The van der Waals surface area contributed by atoms with Gasteiger partial charge in [0.15, 0.2) is 6.61 Å². The number of fused-ring (bicyclic) bond motifs is 1. The molecule has 1 aliphatic heterocycles. The Labute approximate surface area is 185 Å². The first-order valence-corrected chi connectivity index (χ1v) is 10.1. The van der Waals surface area contributed by atoms with Crippen LogP contribution in [0, 0.1) is 0 Å². The van der Waals surface area contributed by atoms with Crippen LogP contribution in [0.25, 0.3) is 0 Å². The van der Waals surface area contributed by atoms with Crippen molar-refractivity contribution in [2.75, 3.05) is 38.8 Å². The highest BCUT2D eigenvalue weighted by Gasteiger charge is 2.35. The van der Waals surface area contributed by atoms with Crippen LogP contribution in [-0.2, 0) is 14.3 Å². The van der Waals surface area contributed by atoms with Gasteiger partial charge < -0.3 is 19.5 Å². The van der Waals surface area contributed by atoms with Crippen molar-refractivity contribution in [3.63, 3.8) is 0 Å². The van der Waals surface area contributed by atoms with E-state index in [1.54, 1.807) is 24.3 Å². The van der Waals surface area contributed by atoms with Gasteiger partial charge in [-0.15, -0.1) is 0 Å². The molecule has 0 atom stereocenters. The molecule has 0 bridgehead atoms. The molecule has 0 aliphatic carbocycles. The third-order valence-electron chi connectivity index (χ3n) is 4.73. The Morgan fingerprint density at radius 3 is 2.53 bits per heavy atom. The van der Waals surface area contributed by atoms with Crippen molar-refractivity contribution < 1.29 is 33.4 Å². The minimum atomic E-state index is -0.779. The van der Waals surface area contributed by atoms with Crippen molar-refractivity contribution in [2.24, 2.45) is 0 Å². The van der Waals surface area contributed by atoms with Crippen molar-refractivity contribution in [2.45, 2.75) is 13.3 Å². The van der Waals surface area contributed by atoms with Crippen LogP contribution in [0.3, 0.4) is 0 Å². The number of amides is 3. The Morgan fingerprint density at radius 2 is 1.78 bits per heavy atom. The molecule has 2 aromatic rings. The summed E-state index contributed by atoms with van der Waals surface area (Å²) in [7, 11) is 1.54. The molecule has 0 saturated carbocycles. The molecule has 0 spiro atoms. The summed E-state index contributed by atoms with van der Waals surface area (Å²) < 4.78 is 15.5. The lowest BCUT2D eigenvalue weighted by atomic mass is 10.1. The summed E-state index contributed by atoms with van der Waals surface area (Å²) in [5.74, 6) is -1.69. The van der Waals surface area contributed by atoms with E-state index in [4.69, 9.17) is 14.2 Å². The number of nitrogens with one attached hydrogen (secondary N) is 1. The zero-order chi connectivity index (χ0) is 23.1. The number of imide groups is 1. The van der Waals surface area contributed by atoms with Gasteiger partial charge in [0.05, 0.1) is 29.0 Å². The first-order valence-electron chi connectivity index (χ1n) is 10.1. The normalized spacial score (nSPS) is 12.5. The van der Waals surface area contributed by atoms with Gasteiger partial charge >= 0.3 is 5.97 Å². The number of carbonyl (C=O) groups excluding carboxylic acids is 4. The number of benzene rings is 2. The number of ether oxygens (including phenoxy) is 3. The van der Waals surface area contributed by atoms with Crippen LogP contribution in [-0.4, -0.2) is 62.1 Å². The summed E-state index contributed by atoms with van der Waals surface area (Å²) in [6, 6.07) is 11.0. The third kappa shape index (κ3) is 5.12. The van der Waals surface area contributed by atoms with Crippen molar-refractivity contribution in [3.05, 3.63) is 59.2 Å². The molecule has 1 N–H and O–H groups in total. The fraction of sp³-hybridized carbons (Fsp3) is 0.304. The molecule has 1 aliphatic rings. The predicted octanol–water partition coefficient (Wildman–Crippen LogP) is 2.51. The number of hydrogen-bond donors (Lipinski definition) is 1. The van der Waals surface area contributed by atoms with E-state index in [2.05, 4.69) is 5.32 Å². The van der Waals surface area contributed by atoms with Gasteiger partial charge in [-0.3, -0.25) is 19.3 Å². The number of esters is 1. The molecule has 0 radical (unpaired) electrons. The van der Waals surface area contributed by atoms with E-state index in [-0.39, 0.29) is 23.2 Å². The number of para-hydroxylation sites is 2. The zero-order valence-electron chi connectivity index (χ0n) is 17.9. The zero-order valence-corrected chi connectivity index (χ0v) is 17.9. The van der Waals surface area contributed by atoms with E-state index in [1.807, 2.05) is 6.92 Å². The van der Waals surface area contributed by atoms with Crippen molar-refractivity contribution in [1.29, 1.82) is 0 Å². The molecular formula is C23H24N2O7. The molecule has 2 aromatic carbocycles. The second-order valence-electron chi connectivity index (χ2n) is 6.92. The molecule has 0 fully saturated rings. The summed E-state index contributed by atoms with van der Waals surface area (Å²) in [4.78, 5) is 50.7. The van der Waals surface area contributed by atoms with Crippen LogP contribution in [0.15, 0.2) is 42.5 Å². The van der Waals surface area contributed by atoms with E-state index in [0.717, 1.165) is 4.90 Å². The fourth-order valence-electron chi connectivity index (χ4n) is 3.24. The summed E-state index contributed by atoms with van der Waals surface area (Å²) in [5, 5.41) is 2.63. The van der Waals surface area contributed by atoms with Crippen molar-refractivity contribution in [3.8, 4) is 5.75 Å². The summed E-state index contributed by atoms with van der Waals surface area (Å²) in [6.07, 6.45) is 0.512. The van der Waals surface area contributed by atoms with Crippen LogP contribution in [0.1, 0.15) is 44.4 Å². The second kappa shape index (κ2) is 10.5. The van der Waals surface area contributed by atoms with Gasteiger partial charge in [0.2, 0.25) is 0 Å². The van der Waals surface area contributed by atoms with Gasteiger partial charge in [0, 0.05) is 20.3 Å². The number of hydrogen-bond acceptors (Lipinski definition) is 7. The van der Waals surface area contributed by atoms with Gasteiger partial charge in [-0.2, -0.15) is 0 Å². The Balaban J connectivity index is 1.61. The Kier molecular flexibility index (Phi) is 7.56. The van der Waals surface area contributed by atoms with E-state index < -0.39 is 30.3 Å². The maximum atomic E-state index is 12.6. The molecule has 0 saturated heterocycles. The highest BCUT2D eigenvalue weighted by atomic mass is 16.5. The van der Waals surface area contributed by atoms with Gasteiger partial charge in [-0.25, -0.2) is 4.79 Å². The lowest BCUT2D eigenvalue weighted by Gasteiger charge is -2.12. The maximum Gasteiger partial charge on any atom is 0.338 e. The smallest absolute Gasteiger partial charge is 0.338 e. The SMILES string of the molecule is CCOc1ccccc1NC(=O)COC(=O)c1ccc2c(c1)C(=O)N(CCCOC)C2=O. The number of carbonyl (C=O) groups is 4. The molecular weight excluding hydrogens is 416 g/mol. The van der Waals surface area contributed by atoms with E-state index >= 15 is 0 Å². The molecule has 1 heterocycles. The van der Waals surface area contributed by atoms with Gasteiger partial charge in [0.1, 0.15) is 5.75 Å². The number of rotatable bonds is 10. The summed E-state index contributed by atoms with van der Waals surface area (Å²) in [6.45, 7) is 2.39. The molecule has 3 amide bonds. The first-order chi connectivity index (χ1) is 15.5. The minimum absolute atomic E-state index is 0.0751. The number of anilines is 1. The van der Waals surface area contributed by atoms with E-state index in [0.29, 0.717) is 31.1 Å². The summed E-state index contributed by atoms with van der Waals surface area (Å²) in [5.41, 5.74) is 0.906. The van der Waals surface area contributed by atoms with Crippen LogP contribution >= 0.6 is 0 Å². The highest BCUT2D eigenvalue weighted by molar-refractivity contribution is 6.22. The monoisotopic (exact) mass is 440 g/mol. The number of methoxy groups -OCH3 is 1. The average molecular weight is 440 g/mol. The van der Waals surface area contributed by atoms with Crippen molar-refractivity contribution in [1.82, 2.24) is 4.90 Å². The quantitative estimate of drug-likeness (QED) is 0.343.